The molecule has 0 radical (unpaired) electrons. The van der Waals surface area contributed by atoms with E-state index >= 15 is 0 Å². The van der Waals surface area contributed by atoms with Crippen LogP contribution in [0, 0.1) is 0 Å². The SMILES string of the molecule is CCn1c2ccc(N=C=O)cc2c2ccc(N=C=O)cc21. The lowest BCUT2D eigenvalue weighted by Crippen LogP contribution is -1.92. The van der Waals surface area contributed by atoms with Crippen molar-refractivity contribution in [1.82, 2.24) is 4.57 Å². The van der Waals surface area contributed by atoms with Crippen LogP contribution >= 0.6 is 0 Å². The highest BCUT2D eigenvalue weighted by atomic mass is 16.1. The van der Waals surface area contributed by atoms with Crippen LogP contribution in [-0.2, 0) is 16.1 Å². The standard InChI is InChI=1S/C16H11N3O2/c1-2-19-15-6-4-11(17-9-20)7-14(15)13-5-3-12(18-10-21)8-16(13)19/h3-8H,2H2,1H3. The molecule has 0 aliphatic heterocycles. The lowest BCUT2D eigenvalue weighted by Gasteiger charge is -2.02. The van der Waals surface area contributed by atoms with Gasteiger partial charge in [0.15, 0.2) is 0 Å². The van der Waals surface area contributed by atoms with Gasteiger partial charge in [-0.25, -0.2) is 9.59 Å². The second kappa shape index (κ2) is 5.17. The summed E-state index contributed by atoms with van der Waals surface area (Å²) in [4.78, 5) is 28.1. The van der Waals surface area contributed by atoms with E-state index in [0.29, 0.717) is 11.4 Å². The maximum absolute atomic E-state index is 10.4. The first kappa shape index (κ1) is 13.0. The van der Waals surface area contributed by atoms with Gasteiger partial charge in [-0.1, -0.05) is 6.07 Å². The van der Waals surface area contributed by atoms with Gasteiger partial charge >= 0.3 is 0 Å². The molecule has 0 fully saturated rings. The third-order valence-corrected chi connectivity index (χ3v) is 3.50. The Hall–Kier alpha value is -3.00. The Morgan fingerprint density at radius 2 is 1.57 bits per heavy atom. The molecular formula is C16H11N3O2. The van der Waals surface area contributed by atoms with Crippen LogP contribution in [0.2, 0.25) is 0 Å². The predicted octanol–water partition coefficient (Wildman–Crippen LogP) is 3.75. The van der Waals surface area contributed by atoms with Crippen molar-refractivity contribution >= 4 is 45.3 Å². The molecule has 1 aromatic heterocycles. The molecular weight excluding hydrogens is 266 g/mol. The Labute approximate surface area is 120 Å². The van der Waals surface area contributed by atoms with Gasteiger partial charge in [-0.2, -0.15) is 9.98 Å². The first-order chi connectivity index (χ1) is 10.3. The Morgan fingerprint density at radius 3 is 2.24 bits per heavy atom. The Kier molecular flexibility index (Phi) is 3.20. The number of rotatable bonds is 3. The number of aryl methyl sites for hydroxylation is 1. The zero-order valence-electron chi connectivity index (χ0n) is 11.3. The van der Waals surface area contributed by atoms with Gasteiger partial charge in [-0.3, -0.25) is 0 Å². The molecule has 0 saturated heterocycles. The molecule has 2 aromatic carbocycles. The molecule has 5 heteroatoms. The molecule has 0 saturated carbocycles. The topological polar surface area (TPSA) is 63.8 Å². The van der Waals surface area contributed by atoms with E-state index in [9.17, 15) is 9.59 Å². The van der Waals surface area contributed by atoms with Crippen LogP contribution in [0.25, 0.3) is 21.8 Å². The van der Waals surface area contributed by atoms with Gasteiger partial charge < -0.3 is 4.57 Å². The quantitative estimate of drug-likeness (QED) is 0.540. The molecule has 0 amide bonds. The average Bonchev–Trinajstić information content (AvgIpc) is 2.80. The van der Waals surface area contributed by atoms with Gasteiger partial charge in [0.1, 0.15) is 0 Å². The number of aliphatic imine (C=N–C) groups is 2. The van der Waals surface area contributed by atoms with E-state index in [4.69, 9.17) is 0 Å². The van der Waals surface area contributed by atoms with E-state index in [1.807, 2.05) is 31.2 Å². The van der Waals surface area contributed by atoms with Crippen molar-refractivity contribution in [2.24, 2.45) is 9.98 Å². The molecule has 0 aliphatic carbocycles. The van der Waals surface area contributed by atoms with Gasteiger partial charge in [0, 0.05) is 22.8 Å². The molecule has 0 unspecified atom stereocenters. The van der Waals surface area contributed by atoms with Gasteiger partial charge in [0.2, 0.25) is 12.2 Å². The molecule has 3 rings (SSSR count). The minimum Gasteiger partial charge on any atom is -0.341 e. The first-order valence-electron chi connectivity index (χ1n) is 6.50. The van der Waals surface area contributed by atoms with Crippen molar-refractivity contribution < 1.29 is 9.59 Å². The molecule has 0 atom stereocenters. The zero-order chi connectivity index (χ0) is 14.8. The third kappa shape index (κ3) is 2.07. The summed E-state index contributed by atoms with van der Waals surface area (Å²) in [5.41, 5.74) is 3.17. The summed E-state index contributed by atoms with van der Waals surface area (Å²) in [7, 11) is 0. The van der Waals surface area contributed by atoms with Gasteiger partial charge in [-0.15, -0.1) is 0 Å². The maximum atomic E-state index is 10.4. The minimum atomic E-state index is 0.571. The fourth-order valence-corrected chi connectivity index (χ4v) is 2.66. The summed E-state index contributed by atoms with van der Waals surface area (Å²) in [6, 6.07) is 11.1. The number of nitrogens with zero attached hydrogens (tertiary/aromatic N) is 3. The van der Waals surface area contributed by atoms with Crippen LogP contribution < -0.4 is 0 Å². The summed E-state index contributed by atoms with van der Waals surface area (Å²) in [5, 5.41) is 2.03. The second-order valence-corrected chi connectivity index (χ2v) is 4.55. The summed E-state index contributed by atoms with van der Waals surface area (Å²) in [5.74, 6) is 0. The molecule has 21 heavy (non-hydrogen) atoms. The van der Waals surface area contributed by atoms with E-state index in [2.05, 4.69) is 14.6 Å². The highest BCUT2D eigenvalue weighted by molar-refractivity contribution is 6.09. The number of carbonyl (C=O) groups excluding carboxylic acids is 2. The van der Waals surface area contributed by atoms with Gasteiger partial charge in [0.05, 0.1) is 16.9 Å². The van der Waals surface area contributed by atoms with Crippen LogP contribution in [0.1, 0.15) is 6.92 Å². The Balaban J connectivity index is 2.42. The summed E-state index contributed by atoms with van der Waals surface area (Å²) < 4.78 is 2.13. The summed E-state index contributed by atoms with van der Waals surface area (Å²) in [6.45, 7) is 2.83. The Morgan fingerprint density at radius 1 is 0.905 bits per heavy atom. The fourth-order valence-electron chi connectivity index (χ4n) is 2.66. The normalized spacial score (nSPS) is 10.3. The lowest BCUT2D eigenvalue weighted by molar-refractivity contribution is 0.564. The number of fused-ring (bicyclic) bond motifs is 3. The smallest absolute Gasteiger partial charge is 0.240 e. The molecule has 5 nitrogen and oxygen atoms in total. The average molecular weight is 277 g/mol. The molecule has 1 heterocycles. The van der Waals surface area contributed by atoms with E-state index in [1.165, 1.54) is 0 Å². The van der Waals surface area contributed by atoms with Crippen LogP contribution in [0.15, 0.2) is 46.4 Å². The largest absolute Gasteiger partial charge is 0.341 e. The number of isocyanates is 2. The van der Waals surface area contributed by atoms with Crippen molar-refractivity contribution in [2.75, 3.05) is 0 Å². The van der Waals surface area contributed by atoms with E-state index in [1.54, 1.807) is 24.3 Å². The molecule has 102 valence electrons. The van der Waals surface area contributed by atoms with Crippen LogP contribution in [0.5, 0.6) is 0 Å². The molecule has 0 aliphatic rings. The van der Waals surface area contributed by atoms with Crippen molar-refractivity contribution in [3.63, 3.8) is 0 Å². The second-order valence-electron chi connectivity index (χ2n) is 4.55. The van der Waals surface area contributed by atoms with Crippen LogP contribution in [0.4, 0.5) is 11.4 Å². The van der Waals surface area contributed by atoms with E-state index < -0.39 is 0 Å². The van der Waals surface area contributed by atoms with Gasteiger partial charge in [-0.05, 0) is 37.3 Å². The van der Waals surface area contributed by atoms with Crippen LogP contribution in [-0.4, -0.2) is 16.7 Å². The summed E-state index contributed by atoms with van der Waals surface area (Å²) >= 11 is 0. The first-order valence-corrected chi connectivity index (χ1v) is 6.50. The lowest BCUT2D eigenvalue weighted by atomic mass is 10.1. The third-order valence-electron chi connectivity index (χ3n) is 3.50. The van der Waals surface area contributed by atoms with E-state index in [0.717, 1.165) is 28.4 Å². The predicted molar refractivity (Wildman–Crippen MR) is 80.7 cm³/mol. The molecule has 3 aromatic rings. The van der Waals surface area contributed by atoms with Crippen LogP contribution in [0.3, 0.4) is 0 Å². The Bertz CT molecular complexity index is 943. The maximum Gasteiger partial charge on any atom is 0.240 e. The molecule has 0 bridgehead atoms. The van der Waals surface area contributed by atoms with E-state index in [-0.39, 0.29) is 0 Å². The fraction of sp³-hybridized carbons (Fsp3) is 0.125. The van der Waals surface area contributed by atoms with Crippen molar-refractivity contribution in [3.8, 4) is 0 Å². The molecule has 0 spiro atoms. The zero-order valence-corrected chi connectivity index (χ0v) is 11.3. The van der Waals surface area contributed by atoms with Crippen molar-refractivity contribution in [2.45, 2.75) is 13.5 Å². The highest BCUT2D eigenvalue weighted by Crippen LogP contribution is 2.33. The monoisotopic (exact) mass is 277 g/mol. The number of hydrogen-bond donors (Lipinski definition) is 0. The number of benzene rings is 2. The van der Waals surface area contributed by atoms with Crippen molar-refractivity contribution in [3.05, 3.63) is 36.4 Å². The molecule has 0 N–H and O–H groups in total. The van der Waals surface area contributed by atoms with Crippen molar-refractivity contribution in [1.29, 1.82) is 0 Å². The number of aromatic nitrogens is 1. The minimum absolute atomic E-state index is 0.571. The number of hydrogen-bond acceptors (Lipinski definition) is 4. The summed E-state index contributed by atoms with van der Waals surface area (Å²) in [6.07, 6.45) is 3.11. The highest BCUT2D eigenvalue weighted by Gasteiger charge is 2.10. The van der Waals surface area contributed by atoms with Gasteiger partial charge in [0.25, 0.3) is 0 Å².